The maximum Gasteiger partial charge on any atom is 0.145 e. The van der Waals surface area contributed by atoms with E-state index in [9.17, 15) is 0 Å². The topological polar surface area (TPSA) is 17.8 Å². The van der Waals surface area contributed by atoms with E-state index in [0.29, 0.717) is 0 Å². The molecule has 2 aliphatic rings. The molecule has 0 saturated carbocycles. The van der Waals surface area contributed by atoms with Crippen LogP contribution < -0.4 is 0 Å². The first-order chi connectivity index (χ1) is 26.5. The summed E-state index contributed by atoms with van der Waals surface area (Å²) in [6.07, 6.45) is 8.70. The highest BCUT2D eigenvalue weighted by molar-refractivity contribution is 5.90. The normalized spacial score (nSPS) is 14.1. The predicted molar refractivity (Wildman–Crippen MR) is 227 cm³/mol. The molecule has 7 aromatic carbocycles. The van der Waals surface area contributed by atoms with Gasteiger partial charge in [0.05, 0.1) is 11.4 Å². The smallest absolute Gasteiger partial charge is 0.145 e. The van der Waals surface area contributed by atoms with Crippen molar-refractivity contribution >= 4 is 16.3 Å². The molecule has 0 atom stereocenters. The Hall–Kier alpha value is -6.51. The van der Waals surface area contributed by atoms with Gasteiger partial charge in [0, 0.05) is 22.2 Å². The van der Waals surface area contributed by atoms with E-state index in [1.807, 2.05) is 0 Å². The van der Waals surface area contributed by atoms with Gasteiger partial charge in [-0.05, 0) is 104 Å². The van der Waals surface area contributed by atoms with Gasteiger partial charge in [-0.1, -0.05) is 166 Å². The van der Waals surface area contributed by atoms with Crippen molar-refractivity contribution < 1.29 is 0 Å². The number of fused-ring (bicyclic) bond motifs is 4. The van der Waals surface area contributed by atoms with Crippen LogP contribution >= 0.6 is 0 Å². The number of rotatable bonds is 6. The minimum atomic E-state index is -0.125. The molecule has 0 aliphatic heterocycles. The highest BCUT2D eigenvalue weighted by Gasteiger charge is 2.36. The van der Waals surface area contributed by atoms with Crippen LogP contribution in [0.25, 0.3) is 78.1 Å². The first kappa shape index (κ1) is 32.2. The van der Waals surface area contributed by atoms with Gasteiger partial charge in [0.1, 0.15) is 5.82 Å². The van der Waals surface area contributed by atoms with Crippen LogP contribution in [0.15, 0.2) is 182 Å². The largest absolute Gasteiger partial charge is 0.292 e. The summed E-state index contributed by atoms with van der Waals surface area (Å²) < 4.78 is 2.38. The number of hydrogen-bond donors (Lipinski definition) is 0. The summed E-state index contributed by atoms with van der Waals surface area (Å²) in [7, 11) is 0. The van der Waals surface area contributed by atoms with E-state index in [2.05, 4.69) is 200 Å². The van der Waals surface area contributed by atoms with E-state index in [0.717, 1.165) is 46.9 Å². The van der Waals surface area contributed by atoms with Gasteiger partial charge in [-0.15, -0.1) is 0 Å². The molecule has 0 saturated heterocycles. The third kappa shape index (κ3) is 5.37. The van der Waals surface area contributed by atoms with Gasteiger partial charge in [-0.3, -0.25) is 4.57 Å². The molecule has 54 heavy (non-hydrogen) atoms. The summed E-state index contributed by atoms with van der Waals surface area (Å²) in [6.45, 7) is 4.75. The lowest BCUT2D eigenvalue weighted by Gasteiger charge is -2.23. The first-order valence-electron chi connectivity index (χ1n) is 19.0. The van der Waals surface area contributed by atoms with Crippen molar-refractivity contribution in [1.82, 2.24) is 9.55 Å². The van der Waals surface area contributed by atoms with Crippen LogP contribution in [0.1, 0.15) is 43.5 Å². The van der Waals surface area contributed by atoms with Crippen LogP contribution in [-0.2, 0) is 5.41 Å². The van der Waals surface area contributed by atoms with Crippen LogP contribution in [0, 0.1) is 0 Å². The molecule has 0 spiro atoms. The number of allylic oxidation sites excluding steroid dienone is 4. The summed E-state index contributed by atoms with van der Waals surface area (Å²) in [5, 5.41) is 2.54. The molecule has 10 rings (SSSR count). The Morgan fingerprint density at radius 3 is 1.76 bits per heavy atom. The molecule has 2 heteroatoms. The fraction of sp³-hybridized carbons (Fsp3) is 0.0962. The second-order valence-corrected chi connectivity index (χ2v) is 15.1. The van der Waals surface area contributed by atoms with Gasteiger partial charge in [0.25, 0.3) is 0 Å². The standard InChI is InChI=1S/C52H40N2/c1-52(2)47-33-42(26-30-45(47)46-31-27-43(34-48(46)52)41-23-22-35-14-12-13-21-40(35)32-41)36-24-28-44(29-25-36)54-50(38-17-8-4-9-18-38)49(37-15-6-3-7-16-37)53-51(54)39-19-10-5-11-20-39/h3-8,10-17,19-34H,9,18H2,1-2H3. The third-order valence-electron chi connectivity index (χ3n) is 11.5. The van der Waals surface area contributed by atoms with E-state index in [-0.39, 0.29) is 5.41 Å². The number of aromatic nitrogens is 2. The molecular formula is C52H40N2. The number of imidazole rings is 1. The zero-order chi connectivity index (χ0) is 36.2. The lowest BCUT2D eigenvalue weighted by Crippen LogP contribution is -2.15. The van der Waals surface area contributed by atoms with Gasteiger partial charge in [0.15, 0.2) is 0 Å². The second-order valence-electron chi connectivity index (χ2n) is 15.1. The summed E-state index contributed by atoms with van der Waals surface area (Å²) in [6, 6.07) is 59.8. The van der Waals surface area contributed by atoms with Crippen LogP contribution in [0.4, 0.5) is 0 Å². The average Bonchev–Trinajstić information content (AvgIpc) is 3.74. The monoisotopic (exact) mass is 692 g/mol. The van der Waals surface area contributed by atoms with E-state index in [4.69, 9.17) is 4.98 Å². The molecule has 0 fully saturated rings. The van der Waals surface area contributed by atoms with Gasteiger partial charge < -0.3 is 0 Å². The molecular weight excluding hydrogens is 653 g/mol. The van der Waals surface area contributed by atoms with Gasteiger partial charge >= 0.3 is 0 Å². The third-order valence-corrected chi connectivity index (χ3v) is 11.5. The lowest BCUT2D eigenvalue weighted by molar-refractivity contribution is 0.661. The Bertz CT molecular complexity index is 2760. The minimum Gasteiger partial charge on any atom is -0.292 e. The zero-order valence-electron chi connectivity index (χ0n) is 30.6. The summed E-state index contributed by atoms with van der Waals surface area (Å²) in [5.74, 6) is 0.952. The van der Waals surface area contributed by atoms with Crippen LogP contribution in [0.2, 0.25) is 0 Å². The van der Waals surface area contributed by atoms with Crippen LogP contribution in [0.3, 0.4) is 0 Å². The summed E-state index contributed by atoms with van der Waals surface area (Å²) in [4.78, 5) is 5.39. The van der Waals surface area contributed by atoms with Gasteiger partial charge in [-0.2, -0.15) is 0 Å². The molecule has 0 bridgehead atoms. The van der Waals surface area contributed by atoms with Gasteiger partial charge in [-0.25, -0.2) is 4.98 Å². The predicted octanol–water partition coefficient (Wildman–Crippen LogP) is 13.7. The van der Waals surface area contributed by atoms with Crippen LogP contribution in [0.5, 0.6) is 0 Å². The minimum absolute atomic E-state index is 0.125. The Labute approximate surface area is 317 Å². The molecule has 0 N–H and O–H groups in total. The first-order valence-corrected chi connectivity index (χ1v) is 19.0. The van der Waals surface area contributed by atoms with E-state index >= 15 is 0 Å². The highest BCUT2D eigenvalue weighted by atomic mass is 15.1. The van der Waals surface area contributed by atoms with Crippen molar-refractivity contribution in [2.24, 2.45) is 0 Å². The second kappa shape index (κ2) is 12.9. The molecule has 0 radical (unpaired) electrons. The molecule has 258 valence electrons. The quantitative estimate of drug-likeness (QED) is 0.170. The van der Waals surface area contributed by atoms with Crippen molar-refractivity contribution in [3.05, 3.63) is 199 Å². The molecule has 0 unspecified atom stereocenters. The molecule has 1 heterocycles. The van der Waals surface area contributed by atoms with Crippen molar-refractivity contribution in [2.45, 2.75) is 32.1 Å². The van der Waals surface area contributed by atoms with E-state index in [1.165, 1.54) is 60.9 Å². The summed E-state index contributed by atoms with van der Waals surface area (Å²) in [5.41, 5.74) is 17.1. The van der Waals surface area contributed by atoms with E-state index < -0.39 is 0 Å². The molecule has 2 nitrogen and oxygen atoms in total. The maximum atomic E-state index is 5.39. The average molecular weight is 693 g/mol. The Morgan fingerprint density at radius 1 is 0.519 bits per heavy atom. The highest BCUT2D eigenvalue weighted by Crippen LogP contribution is 2.51. The van der Waals surface area contributed by atoms with Crippen molar-refractivity contribution in [3.63, 3.8) is 0 Å². The number of hydrogen-bond acceptors (Lipinski definition) is 1. The molecule has 0 amide bonds. The van der Waals surface area contributed by atoms with Crippen LogP contribution in [-0.4, -0.2) is 9.55 Å². The van der Waals surface area contributed by atoms with Gasteiger partial charge in [0.2, 0.25) is 0 Å². The summed E-state index contributed by atoms with van der Waals surface area (Å²) >= 11 is 0. The Kier molecular flexibility index (Phi) is 7.66. The molecule has 2 aliphatic carbocycles. The zero-order valence-corrected chi connectivity index (χ0v) is 30.6. The molecule has 8 aromatic rings. The number of nitrogens with zero attached hydrogens (tertiary/aromatic N) is 2. The SMILES string of the molecule is CC1(C)c2cc(-c3ccc(-n4c(-c5ccccc5)nc(-c5ccccc5)c4C4=CC=CCC4)cc3)ccc2-c2ccc(-c3ccc4ccccc4c3)cc21. The fourth-order valence-corrected chi connectivity index (χ4v) is 8.61. The lowest BCUT2D eigenvalue weighted by atomic mass is 9.81. The van der Waals surface area contributed by atoms with Crippen molar-refractivity contribution in [1.29, 1.82) is 0 Å². The fourth-order valence-electron chi connectivity index (χ4n) is 8.61. The Morgan fingerprint density at radius 2 is 1.09 bits per heavy atom. The number of benzene rings is 7. The van der Waals surface area contributed by atoms with Crippen molar-refractivity contribution in [2.75, 3.05) is 0 Å². The Balaban J connectivity index is 1.04. The van der Waals surface area contributed by atoms with E-state index in [1.54, 1.807) is 0 Å². The van der Waals surface area contributed by atoms with Crippen molar-refractivity contribution in [3.8, 4) is 61.7 Å². The maximum absolute atomic E-state index is 5.39. The molecule has 1 aromatic heterocycles.